The summed E-state index contributed by atoms with van der Waals surface area (Å²) in [6, 6.07) is 10.7. The largest absolute Gasteiger partial charge is 0.326 e. The lowest BCUT2D eigenvalue weighted by atomic mass is 10.1. The Kier molecular flexibility index (Phi) is 7.26. The van der Waals surface area contributed by atoms with E-state index in [9.17, 15) is 9.59 Å². The van der Waals surface area contributed by atoms with Gasteiger partial charge >= 0.3 is 0 Å². The minimum atomic E-state index is -0.166. The number of carbonyl (C=O) groups is 2. The standard InChI is InChI=1S/C24H26Cl2N4O2/c1-13(2)24(32)27-17-7-6-14(3)22(10-17)28-23(31)12-19-15(4)29-30(16(19)5)18-8-9-20(25)21(26)11-18/h6-11,13H,12H2,1-5H3,(H,27,32)(H,28,31). The first-order chi connectivity index (χ1) is 15.1. The van der Waals surface area contributed by atoms with E-state index in [1.54, 1.807) is 22.9 Å². The topological polar surface area (TPSA) is 76.0 Å². The predicted molar refractivity (Wildman–Crippen MR) is 130 cm³/mol. The number of nitrogens with zero attached hydrogens (tertiary/aromatic N) is 2. The van der Waals surface area contributed by atoms with Crippen LogP contribution in [0.4, 0.5) is 11.4 Å². The molecule has 0 atom stereocenters. The number of nitrogens with one attached hydrogen (secondary N) is 2. The van der Waals surface area contributed by atoms with E-state index in [1.165, 1.54) is 0 Å². The molecule has 1 aromatic heterocycles. The first-order valence-electron chi connectivity index (χ1n) is 10.3. The highest BCUT2D eigenvalue weighted by Gasteiger charge is 2.17. The predicted octanol–water partition coefficient (Wildman–Crippen LogP) is 5.88. The van der Waals surface area contributed by atoms with Gasteiger partial charge in [-0.05, 0) is 56.7 Å². The fourth-order valence-electron chi connectivity index (χ4n) is 3.27. The molecule has 0 spiro atoms. The third kappa shape index (κ3) is 5.31. The number of amides is 2. The van der Waals surface area contributed by atoms with Gasteiger partial charge in [-0.15, -0.1) is 0 Å². The van der Waals surface area contributed by atoms with Crippen molar-refractivity contribution in [1.82, 2.24) is 9.78 Å². The molecular formula is C24H26Cl2N4O2. The van der Waals surface area contributed by atoms with Crippen LogP contribution in [0.3, 0.4) is 0 Å². The van der Waals surface area contributed by atoms with Crippen molar-refractivity contribution >= 4 is 46.4 Å². The zero-order valence-electron chi connectivity index (χ0n) is 18.7. The van der Waals surface area contributed by atoms with Crippen molar-refractivity contribution in [1.29, 1.82) is 0 Å². The van der Waals surface area contributed by atoms with Gasteiger partial charge in [0.1, 0.15) is 0 Å². The number of benzene rings is 2. The lowest BCUT2D eigenvalue weighted by molar-refractivity contribution is -0.119. The van der Waals surface area contributed by atoms with Gasteiger partial charge < -0.3 is 10.6 Å². The molecule has 0 fully saturated rings. The Labute approximate surface area is 197 Å². The van der Waals surface area contributed by atoms with Gasteiger partial charge in [0.2, 0.25) is 11.8 Å². The number of carbonyl (C=O) groups excluding carboxylic acids is 2. The second-order valence-electron chi connectivity index (χ2n) is 8.06. The third-order valence-corrected chi connectivity index (χ3v) is 5.97. The molecule has 32 heavy (non-hydrogen) atoms. The number of aromatic nitrogens is 2. The zero-order chi connectivity index (χ0) is 23.6. The van der Waals surface area contributed by atoms with Crippen LogP contribution in [0.25, 0.3) is 5.69 Å². The number of aryl methyl sites for hydroxylation is 2. The van der Waals surface area contributed by atoms with Crippen LogP contribution in [0.2, 0.25) is 10.0 Å². The molecule has 3 aromatic rings. The molecule has 0 bridgehead atoms. The summed E-state index contributed by atoms with van der Waals surface area (Å²) in [5, 5.41) is 11.3. The van der Waals surface area contributed by atoms with Crippen molar-refractivity contribution in [2.24, 2.45) is 5.92 Å². The van der Waals surface area contributed by atoms with Crippen LogP contribution >= 0.6 is 23.2 Å². The van der Waals surface area contributed by atoms with Gasteiger partial charge in [-0.3, -0.25) is 9.59 Å². The molecule has 8 heteroatoms. The van der Waals surface area contributed by atoms with E-state index in [-0.39, 0.29) is 24.2 Å². The van der Waals surface area contributed by atoms with E-state index in [0.29, 0.717) is 21.4 Å². The number of halogens is 2. The molecule has 0 saturated carbocycles. The van der Waals surface area contributed by atoms with Crippen molar-refractivity contribution in [2.45, 2.75) is 41.0 Å². The Morgan fingerprint density at radius 3 is 2.38 bits per heavy atom. The minimum Gasteiger partial charge on any atom is -0.326 e. The molecule has 0 aliphatic rings. The number of hydrogen-bond donors (Lipinski definition) is 2. The minimum absolute atomic E-state index is 0.0768. The summed E-state index contributed by atoms with van der Waals surface area (Å²) in [6.07, 6.45) is 0.168. The average molecular weight is 473 g/mol. The molecule has 0 unspecified atom stereocenters. The van der Waals surface area contributed by atoms with Crippen LogP contribution in [0.1, 0.15) is 36.4 Å². The maximum absolute atomic E-state index is 12.9. The molecule has 2 aromatic carbocycles. The highest BCUT2D eigenvalue weighted by atomic mass is 35.5. The fraction of sp³-hybridized carbons (Fsp3) is 0.292. The second kappa shape index (κ2) is 9.76. The van der Waals surface area contributed by atoms with Gasteiger partial charge in [-0.25, -0.2) is 4.68 Å². The normalized spacial score (nSPS) is 11.0. The molecule has 0 radical (unpaired) electrons. The summed E-state index contributed by atoms with van der Waals surface area (Å²) in [4.78, 5) is 24.8. The lowest BCUT2D eigenvalue weighted by Crippen LogP contribution is -2.19. The fourth-order valence-corrected chi connectivity index (χ4v) is 3.57. The van der Waals surface area contributed by atoms with E-state index >= 15 is 0 Å². The summed E-state index contributed by atoms with van der Waals surface area (Å²) < 4.78 is 1.76. The van der Waals surface area contributed by atoms with E-state index in [0.717, 1.165) is 28.2 Å². The lowest BCUT2D eigenvalue weighted by Gasteiger charge is -2.13. The molecule has 0 aliphatic carbocycles. The second-order valence-corrected chi connectivity index (χ2v) is 8.87. The van der Waals surface area contributed by atoms with Crippen LogP contribution in [-0.4, -0.2) is 21.6 Å². The molecule has 1 heterocycles. The maximum atomic E-state index is 12.9. The monoisotopic (exact) mass is 472 g/mol. The first-order valence-corrected chi connectivity index (χ1v) is 11.0. The molecule has 2 amide bonds. The van der Waals surface area contributed by atoms with Gasteiger partial charge in [0.25, 0.3) is 0 Å². The SMILES string of the molecule is Cc1ccc(NC(=O)C(C)C)cc1NC(=O)Cc1c(C)nn(-c2ccc(Cl)c(Cl)c2)c1C. The van der Waals surface area contributed by atoms with Crippen LogP contribution in [-0.2, 0) is 16.0 Å². The highest BCUT2D eigenvalue weighted by Crippen LogP contribution is 2.27. The first kappa shape index (κ1) is 23.8. The maximum Gasteiger partial charge on any atom is 0.228 e. The number of hydrogen-bond acceptors (Lipinski definition) is 3. The summed E-state index contributed by atoms with van der Waals surface area (Å²) in [5.41, 5.74) is 5.43. The van der Waals surface area contributed by atoms with Crippen molar-refractivity contribution in [3.63, 3.8) is 0 Å². The Morgan fingerprint density at radius 2 is 1.72 bits per heavy atom. The molecular weight excluding hydrogens is 447 g/mol. The van der Waals surface area contributed by atoms with Gasteiger partial charge in [0, 0.05) is 28.6 Å². The molecule has 168 valence electrons. The van der Waals surface area contributed by atoms with Gasteiger partial charge in [-0.2, -0.15) is 5.10 Å². The van der Waals surface area contributed by atoms with Crippen LogP contribution < -0.4 is 10.6 Å². The van der Waals surface area contributed by atoms with Crippen LogP contribution in [0.5, 0.6) is 0 Å². The summed E-state index contributed by atoms with van der Waals surface area (Å²) in [5.74, 6) is -0.375. The van der Waals surface area contributed by atoms with Crippen molar-refractivity contribution in [3.05, 3.63) is 69.0 Å². The Balaban J connectivity index is 1.79. The van der Waals surface area contributed by atoms with E-state index in [2.05, 4.69) is 15.7 Å². The van der Waals surface area contributed by atoms with E-state index in [1.807, 2.05) is 52.8 Å². The summed E-state index contributed by atoms with van der Waals surface area (Å²) >= 11 is 12.2. The van der Waals surface area contributed by atoms with E-state index < -0.39 is 0 Å². The Hall–Kier alpha value is -2.83. The zero-order valence-corrected chi connectivity index (χ0v) is 20.2. The van der Waals surface area contributed by atoms with Crippen molar-refractivity contribution in [3.8, 4) is 5.69 Å². The third-order valence-electron chi connectivity index (χ3n) is 5.23. The quantitative estimate of drug-likeness (QED) is 0.470. The number of rotatable bonds is 6. The van der Waals surface area contributed by atoms with Gasteiger partial charge in [0.05, 0.1) is 27.8 Å². The Morgan fingerprint density at radius 1 is 1.00 bits per heavy atom. The molecule has 6 nitrogen and oxygen atoms in total. The van der Waals surface area contributed by atoms with Gasteiger partial charge in [-0.1, -0.05) is 43.1 Å². The van der Waals surface area contributed by atoms with E-state index in [4.69, 9.17) is 23.2 Å². The van der Waals surface area contributed by atoms with Gasteiger partial charge in [0.15, 0.2) is 0 Å². The molecule has 0 aliphatic heterocycles. The van der Waals surface area contributed by atoms with Crippen molar-refractivity contribution < 1.29 is 9.59 Å². The molecule has 3 rings (SSSR count). The van der Waals surface area contributed by atoms with Crippen LogP contribution in [0, 0.1) is 26.7 Å². The average Bonchev–Trinajstić information content (AvgIpc) is 3.00. The highest BCUT2D eigenvalue weighted by molar-refractivity contribution is 6.42. The number of anilines is 2. The summed E-state index contributed by atoms with van der Waals surface area (Å²) in [7, 11) is 0. The Bertz CT molecular complexity index is 1180. The summed E-state index contributed by atoms with van der Waals surface area (Å²) in [6.45, 7) is 9.35. The smallest absolute Gasteiger partial charge is 0.228 e. The van der Waals surface area contributed by atoms with Crippen molar-refractivity contribution in [2.75, 3.05) is 10.6 Å². The molecule has 2 N–H and O–H groups in total. The molecule has 0 saturated heterocycles. The van der Waals surface area contributed by atoms with Crippen LogP contribution in [0.15, 0.2) is 36.4 Å².